The first kappa shape index (κ1) is 24.6. The molecule has 0 saturated heterocycles. The van der Waals surface area contributed by atoms with Crippen LogP contribution in [0.5, 0.6) is 11.5 Å². The molecule has 1 aliphatic heterocycles. The van der Waals surface area contributed by atoms with Gasteiger partial charge >= 0.3 is 5.97 Å². The Morgan fingerprint density at radius 3 is 2.49 bits per heavy atom. The number of aryl methyl sites for hydroxylation is 1. The lowest BCUT2D eigenvalue weighted by molar-refractivity contribution is 0.0535. The number of rotatable bonds is 6. The largest absolute Gasteiger partial charge is 0.493 e. The standard InChI is InChI=1S/C24H23N5O4S.ClH/c1-28(23-26-24(34-5)29(2)27-23)19-7-6-13(11-25-19)20-16-10-18(32-4)17(31-3)9-14(16)8-15-12-33-22(30)21(15)20;/h6-11H,12H2,1-5H3;1H. The van der Waals surface area contributed by atoms with Gasteiger partial charge in [0.25, 0.3) is 5.95 Å². The highest BCUT2D eigenvalue weighted by molar-refractivity contribution is 7.98. The van der Waals surface area contributed by atoms with Crippen LogP contribution >= 0.6 is 24.2 Å². The van der Waals surface area contributed by atoms with Crippen molar-refractivity contribution >= 4 is 52.7 Å². The monoisotopic (exact) mass is 513 g/mol. The number of halogens is 1. The summed E-state index contributed by atoms with van der Waals surface area (Å²) in [5.74, 6) is 2.09. The van der Waals surface area contributed by atoms with Crippen molar-refractivity contribution in [1.29, 1.82) is 0 Å². The number of thioether (sulfide) groups is 1. The van der Waals surface area contributed by atoms with Crippen molar-refractivity contribution in [2.75, 3.05) is 32.4 Å². The molecule has 0 fully saturated rings. The van der Waals surface area contributed by atoms with Crippen LogP contribution in [0, 0.1) is 0 Å². The number of esters is 1. The molecule has 0 unspecified atom stereocenters. The molecule has 11 heteroatoms. The van der Waals surface area contributed by atoms with E-state index in [1.165, 1.54) is 11.8 Å². The third-order valence-electron chi connectivity index (χ3n) is 5.86. The number of cyclic esters (lactones) is 1. The van der Waals surface area contributed by atoms with Crippen molar-refractivity contribution < 1.29 is 19.0 Å². The first-order valence-corrected chi connectivity index (χ1v) is 11.7. The molecule has 0 N–H and O–H groups in total. The summed E-state index contributed by atoms with van der Waals surface area (Å²) in [7, 11) is 6.91. The van der Waals surface area contributed by atoms with E-state index in [2.05, 4.69) is 15.1 Å². The lowest BCUT2D eigenvalue weighted by Crippen LogP contribution is -2.13. The molecule has 2 aromatic heterocycles. The second kappa shape index (κ2) is 9.63. The normalized spacial score (nSPS) is 12.2. The number of methoxy groups -OCH3 is 2. The summed E-state index contributed by atoms with van der Waals surface area (Å²) in [6.07, 6.45) is 3.71. The van der Waals surface area contributed by atoms with Crippen LogP contribution in [-0.2, 0) is 18.4 Å². The summed E-state index contributed by atoms with van der Waals surface area (Å²) in [4.78, 5) is 23.7. The van der Waals surface area contributed by atoms with Gasteiger partial charge in [-0.1, -0.05) is 11.8 Å². The maximum atomic E-state index is 12.7. The van der Waals surface area contributed by atoms with Crippen molar-refractivity contribution in [3.63, 3.8) is 0 Å². The van der Waals surface area contributed by atoms with Crippen LogP contribution in [-0.4, -0.2) is 53.2 Å². The smallest absolute Gasteiger partial charge is 0.339 e. The van der Waals surface area contributed by atoms with E-state index in [0.717, 1.165) is 32.6 Å². The van der Waals surface area contributed by atoms with Crippen LogP contribution < -0.4 is 14.4 Å². The molecule has 0 amide bonds. The van der Waals surface area contributed by atoms with E-state index in [1.807, 2.05) is 55.6 Å². The molecule has 35 heavy (non-hydrogen) atoms. The molecule has 0 spiro atoms. The predicted octanol–water partition coefficient (Wildman–Crippen LogP) is 4.63. The number of pyridine rings is 1. The Balaban J connectivity index is 0.00000289. The Labute approximate surface area is 212 Å². The number of carbonyl (C=O) groups excluding carboxylic acids is 1. The summed E-state index contributed by atoms with van der Waals surface area (Å²) in [5.41, 5.74) is 2.95. The van der Waals surface area contributed by atoms with Gasteiger partial charge in [0, 0.05) is 37.0 Å². The molecule has 0 radical (unpaired) electrons. The molecule has 0 bridgehead atoms. The third kappa shape index (κ3) is 4.12. The maximum Gasteiger partial charge on any atom is 0.339 e. The topological polar surface area (TPSA) is 91.6 Å². The van der Waals surface area contributed by atoms with Gasteiger partial charge < -0.3 is 14.2 Å². The number of carbonyl (C=O) groups is 1. The highest BCUT2D eigenvalue weighted by atomic mass is 35.5. The Bertz CT molecular complexity index is 1420. The fraction of sp³-hybridized carbons (Fsp3) is 0.250. The molecule has 0 saturated carbocycles. The minimum atomic E-state index is -0.342. The van der Waals surface area contributed by atoms with Crippen LogP contribution in [0.2, 0.25) is 0 Å². The fourth-order valence-corrected chi connectivity index (χ4v) is 4.64. The van der Waals surface area contributed by atoms with Gasteiger partial charge in [-0.05, 0) is 47.4 Å². The van der Waals surface area contributed by atoms with Gasteiger partial charge in [-0.25, -0.2) is 14.5 Å². The van der Waals surface area contributed by atoms with Crippen LogP contribution in [0.3, 0.4) is 0 Å². The molecule has 9 nitrogen and oxygen atoms in total. The number of nitrogens with zero attached hydrogens (tertiary/aromatic N) is 5. The number of benzene rings is 2. The van der Waals surface area contributed by atoms with E-state index in [9.17, 15) is 4.79 Å². The van der Waals surface area contributed by atoms with Crippen molar-refractivity contribution in [2.24, 2.45) is 7.05 Å². The van der Waals surface area contributed by atoms with Crippen LogP contribution in [0.25, 0.3) is 21.9 Å². The number of anilines is 2. The van der Waals surface area contributed by atoms with Crippen molar-refractivity contribution in [1.82, 2.24) is 19.7 Å². The molecule has 5 rings (SSSR count). The second-order valence-corrected chi connectivity index (χ2v) is 8.55. The maximum absolute atomic E-state index is 12.7. The summed E-state index contributed by atoms with van der Waals surface area (Å²) in [6.45, 7) is 0.239. The Morgan fingerprint density at radius 2 is 1.86 bits per heavy atom. The zero-order valence-corrected chi connectivity index (χ0v) is 21.5. The number of aromatic nitrogens is 4. The van der Waals surface area contributed by atoms with Gasteiger partial charge in [0.15, 0.2) is 16.7 Å². The van der Waals surface area contributed by atoms with Crippen LogP contribution in [0.15, 0.2) is 41.7 Å². The predicted molar refractivity (Wildman–Crippen MR) is 137 cm³/mol. The second-order valence-electron chi connectivity index (χ2n) is 7.78. The molecule has 4 aromatic rings. The van der Waals surface area contributed by atoms with E-state index in [0.29, 0.717) is 28.8 Å². The molecule has 3 heterocycles. The quantitative estimate of drug-likeness (QED) is 0.270. The van der Waals surface area contributed by atoms with Gasteiger partial charge in [0.2, 0.25) is 0 Å². The summed E-state index contributed by atoms with van der Waals surface area (Å²) >= 11 is 1.53. The Morgan fingerprint density at radius 1 is 1.11 bits per heavy atom. The highest BCUT2D eigenvalue weighted by Crippen LogP contribution is 2.42. The van der Waals surface area contributed by atoms with Crippen molar-refractivity contribution in [3.05, 3.63) is 47.7 Å². The number of hydrogen-bond acceptors (Lipinski definition) is 9. The lowest BCUT2D eigenvalue weighted by atomic mass is 9.91. The Kier molecular flexibility index (Phi) is 6.77. The first-order valence-electron chi connectivity index (χ1n) is 10.5. The zero-order chi connectivity index (χ0) is 24.0. The fourth-order valence-electron chi connectivity index (χ4n) is 4.16. The van der Waals surface area contributed by atoms with Gasteiger partial charge in [-0.3, -0.25) is 4.90 Å². The van der Waals surface area contributed by atoms with Gasteiger partial charge in [-0.2, -0.15) is 4.98 Å². The van der Waals surface area contributed by atoms with E-state index < -0.39 is 0 Å². The van der Waals surface area contributed by atoms with E-state index in [-0.39, 0.29) is 25.0 Å². The molecular weight excluding hydrogens is 490 g/mol. The average Bonchev–Trinajstić information content (AvgIpc) is 3.43. The van der Waals surface area contributed by atoms with Crippen molar-refractivity contribution in [2.45, 2.75) is 11.8 Å². The summed E-state index contributed by atoms with van der Waals surface area (Å²) in [5, 5.41) is 7.05. The van der Waals surface area contributed by atoms with Gasteiger partial charge in [0.1, 0.15) is 12.4 Å². The van der Waals surface area contributed by atoms with E-state index in [1.54, 1.807) is 25.1 Å². The van der Waals surface area contributed by atoms with Gasteiger partial charge in [0.05, 0.1) is 19.8 Å². The average molecular weight is 514 g/mol. The molecule has 182 valence electrons. The molecule has 0 aliphatic carbocycles. The minimum absolute atomic E-state index is 0. The molecule has 2 aromatic carbocycles. The third-order valence-corrected chi connectivity index (χ3v) is 6.58. The number of hydrogen-bond donors (Lipinski definition) is 0. The minimum Gasteiger partial charge on any atom is -0.493 e. The highest BCUT2D eigenvalue weighted by Gasteiger charge is 2.28. The SMILES string of the molecule is COc1cc2cc3c(c(-c4ccc(N(C)c5nc(SC)n(C)n5)nc4)c2cc1OC)C(=O)OC3.Cl. The molecule has 0 atom stereocenters. The summed E-state index contributed by atoms with van der Waals surface area (Å²) < 4.78 is 18.1. The van der Waals surface area contributed by atoms with Gasteiger partial charge in [-0.15, -0.1) is 17.5 Å². The molecule has 1 aliphatic rings. The first-order chi connectivity index (χ1) is 16.4. The van der Waals surface area contributed by atoms with E-state index >= 15 is 0 Å². The van der Waals surface area contributed by atoms with Crippen LogP contribution in [0.4, 0.5) is 11.8 Å². The molecular formula is C24H24ClN5O4S. The van der Waals surface area contributed by atoms with Crippen LogP contribution in [0.1, 0.15) is 15.9 Å². The Hall–Kier alpha value is -3.50. The lowest BCUT2D eigenvalue weighted by Gasteiger charge is -2.16. The zero-order valence-electron chi connectivity index (χ0n) is 19.9. The van der Waals surface area contributed by atoms with Crippen molar-refractivity contribution in [3.8, 4) is 22.6 Å². The van der Waals surface area contributed by atoms with E-state index in [4.69, 9.17) is 14.2 Å². The number of ether oxygens (including phenoxy) is 3. The number of fused-ring (bicyclic) bond motifs is 2. The summed E-state index contributed by atoms with van der Waals surface area (Å²) in [6, 6.07) is 9.58.